The highest BCUT2D eigenvalue weighted by Crippen LogP contribution is 2.37. The third-order valence-corrected chi connectivity index (χ3v) is 5.59. The minimum absolute atomic E-state index is 0.0314. The number of nitrogens with zero attached hydrogens (tertiary/aromatic N) is 2. The fraction of sp³-hybridized carbons (Fsp3) is 0.263. The van der Waals surface area contributed by atoms with Gasteiger partial charge in [-0.15, -0.1) is 11.8 Å². The fourth-order valence-corrected chi connectivity index (χ4v) is 4.34. The van der Waals surface area contributed by atoms with Gasteiger partial charge in [0.2, 0.25) is 11.9 Å². The van der Waals surface area contributed by atoms with Crippen molar-refractivity contribution in [1.82, 2.24) is 9.55 Å². The molecule has 24 heavy (non-hydrogen) atoms. The van der Waals surface area contributed by atoms with Crippen LogP contribution in [0.1, 0.15) is 18.9 Å². The summed E-state index contributed by atoms with van der Waals surface area (Å²) in [5.41, 5.74) is 3.24. The van der Waals surface area contributed by atoms with Gasteiger partial charge in [0.1, 0.15) is 0 Å². The van der Waals surface area contributed by atoms with Gasteiger partial charge in [-0.3, -0.25) is 10.1 Å². The minimum Gasteiger partial charge on any atom is -0.310 e. The molecule has 1 amide bonds. The molecule has 0 bridgehead atoms. The molecule has 1 unspecified atom stereocenters. The van der Waals surface area contributed by atoms with Gasteiger partial charge >= 0.3 is 0 Å². The number of carbonyl (C=O) groups excluding carboxylic acids is 1. The van der Waals surface area contributed by atoms with Gasteiger partial charge < -0.3 is 4.57 Å². The molecule has 3 aromatic rings. The Kier molecular flexibility index (Phi) is 4.02. The Bertz CT molecular complexity index is 878. The lowest BCUT2D eigenvalue weighted by Crippen LogP contribution is -2.26. The molecule has 0 radical (unpaired) electrons. The summed E-state index contributed by atoms with van der Waals surface area (Å²) in [4.78, 5) is 18.6. The lowest BCUT2D eigenvalue weighted by atomic mass is 10.1. The van der Waals surface area contributed by atoms with Crippen LogP contribution in [0.15, 0.2) is 53.4 Å². The van der Waals surface area contributed by atoms with E-state index in [-0.39, 0.29) is 11.2 Å². The molecule has 122 valence electrons. The average molecular weight is 337 g/mol. The van der Waals surface area contributed by atoms with E-state index in [0.717, 1.165) is 30.4 Å². The molecule has 1 aliphatic heterocycles. The highest BCUT2D eigenvalue weighted by Gasteiger charge is 2.29. The summed E-state index contributed by atoms with van der Waals surface area (Å²) in [7, 11) is 0. The van der Waals surface area contributed by atoms with Gasteiger partial charge in [-0.25, -0.2) is 4.98 Å². The molecule has 4 nitrogen and oxygen atoms in total. The smallest absolute Gasteiger partial charge is 0.240 e. The molecule has 0 saturated carbocycles. The number of aromatic nitrogens is 2. The van der Waals surface area contributed by atoms with E-state index in [9.17, 15) is 4.79 Å². The Morgan fingerprint density at radius 3 is 2.88 bits per heavy atom. The van der Waals surface area contributed by atoms with Crippen LogP contribution in [0.25, 0.3) is 11.0 Å². The maximum absolute atomic E-state index is 12.7. The van der Waals surface area contributed by atoms with Crippen molar-refractivity contribution in [3.8, 4) is 0 Å². The number of nitrogens with one attached hydrogen (secondary N) is 1. The van der Waals surface area contributed by atoms with E-state index in [4.69, 9.17) is 0 Å². The van der Waals surface area contributed by atoms with Crippen LogP contribution in [0.4, 0.5) is 5.95 Å². The number of hydrogen-bond donors (Lipinski definition) is 1. The predicted molar refractivity (Wildman–Crippen MR) is 98.4 cm³/mol. The summed E-state index contributed by atoms with van der Waals surface area (Å²) in [5, 5.41) is 2.97. The van der Waals surface area contributed by atoms with Crippen LogP contribution in [-0.2, 0) is 17.8 Å². The average Bonchev–Trinajstić information content (AvgIpc) is 3.17. The van der Waals surface area contributed by atoms with Crippen molar-refractivity contribution in [2.24, 2.45) is 0 Å². The van der Waals surface area contributed by atoms with Crippen molar-refractivity contribution < 1.29 is 4.79 Å². The van der Waals surface area contributed by atoms with Gasteiger partial charge in [0.15, 0.2) is 0 Å². The number of rotatable bonds is 4. The molecule has 1 atom stereocenters. The zero-order chi connectivity index (χ0) is 16.5. The van der Waals surface area contributed by atoms with E-state index in [1.54, 1.807) is 11.8 Å². The number of imidazole rings is 1. The molecule has 4 rings (SSSR count). The van der Waals surface area contributed by atoms with E-state index < -0.39 is 0 Å². The van der Waals surface area contributed by atoms with Gasteiger partial charge in [-0.1, -0.05) is 37.3 Å². The summed E-state index contributed by atoms with van der Waals surface area (Å²) in [5.74, 6) is 0.684. The molecule has 2 heterocycles. The number of carbonyl (C=O) groups is 1. The van der Waals surface area contributed by atoms with Gasteiger partial charge in [-0.05, 0) is 36.6 Å². The summed E-state index contributed by atoms with van der Waals surface area (Å²) in [6.07, 6.45) is 1.77. The summed E-state index contributed by atoms with van der Waals surface area (Å²) < 4.78 is 2.10. The van der Waals surface area contributed by atoms with Gasteiger partial charge in [-0.2, -0.15) is 0 Å². The molecule has 0 aliphatic carbocycles. The Morgan fingerprint density at radius 1 is 1.25 bits per heavy atom. The monoisotopic (exact) mass is 337 g/mol. The number of anilines is 1. The zero-order valence-corrected chi connectivity index (χ0v) is 14.3. The first kappa shape index (κ1) is 15.3. The molecule has 0 saturated heterocycles. The molecule has 5 heteroatoms. The van der Waals surface area contributed by atoms with E-state index in [2.05, 4.69) is 33.9 Å². The second-order valence-corrected chi connectivity index (χ2v) is 7.23. The highest BCUT2D eigenvalue weighted by molar-refractivity contribution is 8.01. The van der Waals surface area contributed by atoms with Crippen LogP contribution in [-0.4, -0.2) is 20.7 Å². The number of para-hydroxylation sites is 2. The maximum atomic E-state index is 12.7. The van der Waals surface area contributed by atoms with Gasteiger partial charge in [0, 0.05) is 11.4 Å². The lowest BCUT2D eigenvalue weighted by Gasteiger charge is -2.11. The Balaban J connectivity index is 1.58. The van der Waals surface area contributed by atoms with E-state index in [1.807, 2.05) is 36.4 Å². The second kappa shape index (κ2) is 6.32. The van der Waals surface area contributed by atoms with E-state index in [1.165, 1.54) is 10.5 Å². The van der Waals surface area contributed by atoms with Crippen molar-refractivity contribution >= 4 is 34.7 Å². The molecule has 2 aromatic carbocycles. The highest BCUT2D eigenvalue weighted by atomic mass is 32.2. The van der Waals surface area contributed by atoms with Crippen molar-refractivity contribution in [3.63, 3.8) is 0 Å². The third kappa shape index (κ3) is 2.69. The van der Waals surface area contributed by atoms with E-state index >= 15 is 0 Å². The Hall–Kier alpha value is -2.27. The van der Waals surface area contributed by atoms with Crippen molar-refractivity contribution in [2.45, 2.75) is 36.5 Å². The standard InChI is InChI=1S/C19H19N3OS/c1-2-11-22-15-9-5-4-8-14(15)20-19(22)21-18(23)17-12-13-7-3-6-10-16(13)24-17/h3-10,17H,2,11-12H2,1H3,(H,20,21,23). The zero-order valence-electron chi connectivity index (χ0n) is 13.5. The third-order valence-electron chi connectivity index (χ3n) is 4.28. The molecular formula is C19H19N3OS. The largest absolute Gasteiger partial charge is 0.310 e. The number of amides is 1. The first-order valence-electron chi connectivity index (χ1n) is 8.27. The quantitative estimate of drug-likeness (QED) is 0.779. The van der Waals surface area contributed by atoms with Crippen LogP contribution in [0.2, 0.25) is 0 Å². The Morgan fingerprint density at radius 2 is 2.04 bits per heavy atom. The molecular weight excluding hydrogens is 318 g/mol. The number of fused-ring (bicyclic) bond motifs is 2. The van der Waals surface area contributed by atoms with Crippen molar-refractivity contribution in [1.29, 1.82) is 0 Å². The molecule has 1 N–H and O–H groups in total. The number of aryl methyl sites for hydroxylation is 1. The minimum atomic E-state index is -0.0858. The summed E-state index contributed by atoms with van der Waals surface area (Å²) >= 11 is 1.64. The number of thioether (sulfide) groups is 1. The van der Waals surface area contributed by atoms with Crippen LogP contribution in [0.3, 0.4) is 0 Å². The number of hydrogen-bond acceptors (Lipinski definition) is 3. The molecule has 0 fully saturated rings. The first-order valence-corrected chi connectivity index (χ1v) is 9.15. The van der Waals surface area contributed by atoms with Crippen molar-refractivity contribution in [3.05, 3.63) is 54.1 Å². The topological polar surface area (TPSA) is 46.9 Å². The van der Waals surface area contributed by atoms with E-state index in [0.29, 0.717) is 5.95 Å². The molecule has 1 aliphatic rings. The van der Waals surface area contributed by atoms with Crippen LogP contribution >= 0.6 is 11.8 Å². The SMILES string of the molecule is CCCn1c(NC(=O)C2Cc3ccccc3S2)nc2ccccc21. The molecule has 1 aromatic heterocycles. The fourth-order valence-electron chi connectivity index (χ4n) is 3.14. The summed E-state index contributed by atoms with van der Waals surface area (Å²) in [6.45, 7) is 2.97. The van der Waals surface area contributed by atoms with Crippen LogP contribution < -0.4 is 5.32 Å². The maximum Gasteiger partial charge on any atom is 0.240 e. The Labute approximate surface area is 145 Å². The second-order valence-electron chi connectivity index (χ2n) is 5.98. The van der Waals surface area contributed by atoms with Crippen molar-refractivity contribution in [2.75, 3.05) is 5.32 Å². The first-order chi connectivity index (χ1) is 11.8. The van der Waals surface area contributed by atoms with Gasteiger partial charge in [0.25, 0.3) is 0 Å². The van der Waals surface area contributed by atoms with Crippen LogP contribution in [0.5, 0.6) is 0 Å². The molecule has 0 spiro atoms. The van der Waals surface area contributed by atoms with Crippen LogP contribution in [0, 0.1) is 0 Å². The van der Waals surface area contributed by atoms with Gasteiger partial charge in [0.05, 0.1) is 16.3 Å². The predicted octanol–water partition coefficient (Wildman–Crippen LogP) is 4.10. The normalized spacial score (nSPS) is 16.3. The number of benzene rings is 2. The summed E-state index contributed by atoms with van der Waals surface area (Å²) in [6, 6.07) is 16.2. The lowest BCUT2D eigenvalue weighted by molar-refractivity contribution is -0.115.